The van der Waals surface area contributed by atoms with Crippen LogP contribution in [0.5, 0.6) is 11.5 Å². The van der Waals surface area contributed by atoms with E-state index in [4.69, 9.17) is 14.2 Å². The monoisotopic (exact) mass is 542 g/mol. The van der Waals surface area contributed by atoms with Gasteiger partial charge >= 0.3 is 5.69 Å². The van der Waals surface area contributed by atoms with Crippen molar-refractivity contribution in [3.63, 3.8) is 0 Å². The number of ether oxygens (including phenoxy) is 3. The van der Waals surface area contributed by atoms with Crippen LogP contribution in [0.2, 0.25) is 0 Å². The number of hydrogen-bond acceptors (Lipinski definition) is 7. The number of nitrogens with zero attached hydrogens (tertiary/aromatic N) is 2. The van der Waals surface area contributed by atoms with Gasteiger partial charge in [0.25, 0.3) is 5.56 Å². The van der Waals surface area contributed by atoms with Crippen LogP contribution in [0.15, 0.2) is 33.4 Å². The van der Waals surface area contributed by atoms with E-state index in [1.54, 1.807) is 0 Å². The van der Waals surface area contributed by atoms with Crippen molar-refractivity contribution in [2.75, 3.05) is 33.9 Å². The highest BCUT2D eigenvalue weighted by Crippen LogP contribution is 2.30. The first-order valence-corrected chi connectivity index (χ1v) is 13.6. The zero-order valence-electron chi connectivity index (χ0n) is 22.8. The average Bonchev–Trinajstić information content (AvgIpc) is 3.48. The number of methoxy groups -OCH3 is 2. The molecule has 2 heterocycles. The summed E-state index contributed by atoms with van der Waals surface area (Å²) in [7, 11) is 2.90. The van der Waals surface area contributed by atoms with Crippen molar-refractivity contribution < 1.29 is 23.8 Å². The fourth-order valence-corrected chi connectivity index (χ4v) is 5.12. The molecule has 11 heteroatoms. The second-order valence-electron chi connectivity index (χ2n) is 9.95. The highest BCUT2D eigenvalue weighted by Gasteiger charge is 2.20. The Kier molecular flexibility index (Phi) is 9.80. The molecule has 11 nitrogen and oxygen atoms in total. The Hall–Kier alpha value is -3.60. The zero-order valence-corrected chi connectivity index (χ0v) is 22.8. The molecular formula is C28H38N4O7. The molecule has 2 aromatic rings. The summed E-state index contributed by atoms with van der Waals surface area (Å²) in [6.45, 7) is 1.14. The van der Waals surface area contributed by atoms with E-state index in [1.807, 2.05) is 0 Å². The number of benzene rings is 1. The van der Waals surface area contributed by atoms with Gasteiger partial charge in [-0.1, -0.05) is 11.6 Å². The normalized spacial score (nSPS) is 17.1. The molecular weight excluding hydrogens is 504 g/mol. The van der Waals surface area contributed by atoms with Gasteiger partial charge in [0, 0.05) is 38.7 Å². The fraction of sp³-hybridized carbons (Fsp3) is 0.571. The molecule has 2 amide bonds. The van der Waals surface area contributed by atoms with Gasteiger partial charge in [-0.25, -0.2) is 4.79 Å². The number of nitrogens with one attached hydrogen (secondary N) is 2. The van der Waals surface area contributed by atoms with E-state index in [1.165, 1.54) is 49.3 Å². The van der Waals surface area contributed by atoms with E-state index in [0.29, 0.717) is 31.2 Å². The molecule has 0 radical (unpaired) electrons. The van der Waals surface area contributed by atoms with Crippen LogP contribution in [-0.4, -0.2) is 61.0 Å². The number of rotatable bonds is 12. The summed E-state index contributed by atoms with van der Waals surface area (Å²) in [4.78, 5) is 52.2. The molecule has 2 N–H and O–H groups in total. The molecule has 1 aromatic carbocycles. The van der Waals surface area contributed by atoms with Crippen LogP contribution < -0.4 is 31.4 Å². The molecule has 1 aliphatic carbocycles. The summed E-state index contributed by atoms with van der Waals surface area (Å²) in [6.07, 6.45) is 9.27. The second kappa shape index (κ2) is 13.5. The summed E-state index contributed by atoms with van der Waals surface area (Å²) in [5, 5.41) is 5.89. The van der Waals surface area contributed by atoms with Crippen LogP contribution in [0.1, 0.15) is 51.4 Å². The molecule has 4 rings (SSSR count). The van der Waals surface area contributed by atoms with Crippen molar-refractivity contribution in [3.8, 4) is 11.5 Å². The average molecular weight is 543 g/mol. The van der Waals surface area contributed by atoms with Crippen molar-refractivity contribution in [2.45, 2.75) is 70.6 Å². The molecule has 1 saturated heterocycles. The number of carbonyl (C=O) groups is 2. The fourth-order valence-electron chi connectivity index (χ4n) is 5.12. The summed E-state index contributed by atoms with van der Waals surface area (Å²) >= 11 is 0. The highest BCUT2D eigenvalue weighted by molar-refractivity contribution is 5.84. The number of hydrogen-bond donors (Lipinski definition) is 2. The zero-order chi connectivity index (χ0) is 27.8. The number of carbonyl (C=O) groups excluding carboxylic acids is 2. The van der Waals surface area contributed by atoms with Crippen LogP contribution in [0.3, 0.4) is 0 Å². The van der Waals surface area contributed by atoms with E-state index in [2.05, 4.69) is 16.7 Å². The van der Waals surface area contributed by atoms with Gasteiger partial charge in [-0.15, -0.1) is 0 Å². The molecule has 1 aliphatic heterocycles. The lowest BCUT2D eigenvalue weighted by Crippen LogP contribution is -2.43. The lowest BCUT2D eigenvalue weighted by Gasteiger charge is -2.17. The van der Waals surface area contributed by atoms with Crippen molar-refractivity contribution in [1.29, 1.82) is 0 Å². The van der Waals surface area contributed by atoms with Crippen LogP contribution in [0.4, 0.5) is 0 Å². The molecule has 0 unspecified atom stereocenters. The quantitative estimate of drug-likeness (QED) is 0.392. The summed E-state index contributed by atoms with van der Waals surface area (Å²) < 4.78 is 18.5. The Balaban J connectivity index is 1.56. The molecule has 0 saturated carbocycles. The Morgan fingerprint density at radius 2 is 1.82 bits per heavy atom. The number of aromatic nitrogens is 2. The van der Waals surface area contributed by atoms with Gasteiger partial charge < -0.3 is 24.8 Å². The Bertz CT molecular complexity index is 1340. The first-order valence-electron chi connectivity index (χ1n) is 13.6. The van der Waals surface area contributed by atoms with E-state index < -0.39 is 11.2 Å². The van der Waals surface area contributed by atoms with Crippen molar-refractivity contribution in [3.05, 3.63) is 44.6 Å². The first-order chi connectivity index (χ1) is 18.9. The van der Waals surface area contributed by atoms with Crippen LogP contribution >= 0.6 is 0 Å². The Labute approximate surface area is 227 Å². The number of fused-ring (bicyclic) bond motifs is 1. The predicted molar refractivity (Wildman–Crippen MR) is 146 cm³/mol. The van der Waals surface area contributed by atoms with Gasteiger partial charge in [0.15, 0.2) is 11.5 Å². The number of amides is 2. The van der Waals surface area contributed by atoms with E-state index in [-0.39, 0.29) is 48.3 Å². The van der Waals surface area contributed by atoms with Crippen molar-refractivity contribution in [2.24, 2.45) is 0 Å². The van der Waals surface area contributed by atoms with Gasteiger partial charge in [-0.05, 0) is 51.0 Å². The van der Waals surface area contributed by atoms with E-state index in [0.717, 1.165) is 36.7 Å². The second-order valence-corrected chi connectivity index (χ2v) is 9.95. The molecule has 1 fully saturated rings. The molecule has 1 atom stereocenters. The summed E-state index contributed by atoms with van der Waals surface area (Å²) in [6, 6.07) is 3.02. The molecule has 212 valence electrons. The maximum absolute atomic E-state index is 13.5. The minimum atomic E-state index is -0.670. The topological polar surface area (TPSA) is 130 Å². The van der Waals surface area contributed by atoms with Crippen LogP contribution in [0.25, 0.3) is 10.9 Å². The predicted octanol–water partition coefficient (Wildman–Crippen LogP) is 1.87. The largest absolute Gasteiger partial charge is 0.493 e. The van der Waals surface area contributed by atoms with Gasteiger partial charge in [0.05, 0.1) is 31.2 Å². The van der Waals surface area contributed by atoms with Gasteiger partial charge in [-0.2, -0.15) is 0 Å². The van der Waals surface area contributed by atoms with Crippen LogP contribution in [0, 0.1) is 0 Å². The van der Waals surface area contributed by atoms with Crippen molar-refractivity contribution in [1.82, 2.24) is 19.8 Å². The van der Waals surface area contributed by atoms with Gasteiger partial charge in [0.2, 0.25) is 11.8 Å². The lowest BCUT2D eigenvalue weighted by atomic mass is 9.97. The maximum Gasteiger partial charge on any atom is 0.331 e. The smallest absolute Gasteiger partial charge is 0.331 e. The van der Waals surface area contributed by atoms with E-state index >= 15 is 0 Å². The van der Waals surface area contributed by atoms with Gasteiger partial charge in [0.1, 0.15) is 6.54 Å². The minimum absolute atomic E-state index is 0.00932. The highest BCUT2D eigenvalue weighted by atomic mass is 16.5. The SMILES string of the molecule is COc1cc2c(=O)n(CCC(=O)NC[C@@H]3CCCO3)c(=O)n(CC(=O)NCCC3=CCCCC3)c2cc1OC. The number of allylic oxidation sites excluding steroid dienone is 1. The Morgan fingerprint density at radius 3 is 2.51 bits per heavy atom. The third-order valence-corrected chi connectivity index (χ3v) is 7.30. The van der Waals surface area contributed by atoms with Gasteiger partial charge in [-0.3, -0.25) is 23.5 Å². The van der Waals surface area contributed by atoms with Crippen LogP contribution in [-0.2, 0) is 27.4 Å². The van der Waals surface area contributed by atoms with Crippen molar-refractivity contribution >= 4 is 22.7 Å². The molecule has 1 aromatic heterocycles. The molecule has 39 heavy (non-hydrogen) atoms. The third kappa shape index (κ3) is 7.08. The standard InChI is InChI=1S/C28H38N4O7/c1-37-23-15-21-22(16-24(23)38-2)32(18-26(34)29-12-10-19-7-4-3-5-8-19)28(36)31(27(21)35)13-11-25(33)30-17-20-9-6-14-39-20/h7,15-16,20H,3-6,8-14,17-18H2,1-2H3,(H,29,34)(H,30,33)/t20-/m0/s1. The first kappa shape index (κ1) is 28.4. The molecule has 0 spiro atoms. The minimum Gasteiger partial charge on any atom is -0.493 e. The van der Waals surface area contributed by atoms with E-state index in [9.17, 15) is 19.2 Å². The molecule has 2 aliphatic rings. The summed E-state index contributed by atoms with van der Waals surface area (Å²) in [5.74, 6) is 0.0152. The molecule has 0 bridgehead atoms. The maximum atomic E-state index is 13.5. The summed E-state index contributed by atoms with van der Waals surface area (Å²) in [5.41, 5.74) is 0.361. The third-order valence-electron chi connectivity index (χ3n) is 7.30. The Morgan fingerprint density at radius 1 is 1.03 bits per heavy atom. The lowest BCUT2D eigenvalue weighted by molar-refractivity contribution is -0.122.